The standard InChI is InChI=1S/C25H21NOS.C23H19NS.CH4/c1-16(27)22-15-17-13-14-21-23(24(17)28-22)25(2,3)19-11-7-8-12-20(19)26(21)18-9-5-4-6-10-18;1-23(2)18-10-6-7-11-19(18)24(17-8-4-3-5-9-17)20-13-12-16-14-15-25-22(16)21(20)23;/h4-15H,1-3H3;3-15H,1-2H3;1H4. The second-order valence-electron chi connectivity index (χ2n) is 15.0. The number of ketones is 1. The molecule has 0 fully saturated rings. The molecule has 2 aliphatic heterocycles. The van der Waals surface area contributed by atoms with E-state index in [0.29, 0.717) is 0 Å². The van der Waals surface area contributed by atoms with Crippen LogP contribution in [0.15, 0.2) is 151 Å². The lowest BCUT2D eigenvalue weighted by atomic mass is 9.73. The molecule has 2 aliphatic rings. The lowest BCUT2D eigenvalue weighted by molar-refractivity contribution is 0.102. The average Bonchev–Trinajstić information content (AvgIpc) is 3.84. The van der Waals surface area contributed by atoms with Crippen LogP contribution in [0.3, 0.4) is 0 Å². The number of fused-ring (bicyclic) bond motifs is 8. The van der Waals surface area contributed by atoms with E-state index in [1.165, 1.54) is 65.5 Å². The Kier molecular flexibility index (Phi) is 8.83. The molecule has 8 aromatic rings. The molecule has 0 saturated carbocycles. The molecular formula is C49H44N2OS2. The van der Waals surface area contributed by atoms with E-state index in [4.69, 9.17) is 0 Å². The summed E-state index contributed by atoms with van der Waals surface area (Å²) in [6.07, 6.45) is 0. The number of para-hydroxylation sites is 4. The van der Waals surface area contributed by atoms with Crippen LogP contribution in [0.25, 0.3) is 20.2 Å². The predicted molar refractivity (Wildman–Crippen MR) is 234 cm³/mol. The van der Waals surface area contributed by atoms with Gasteiger partial charge in [0.25, 0.3) is 0 Å². The van der Waals surface area contributed by atoms with Gasteiger partial charge < -0.3 is 9.80 Å². The Morgan fingerprint density at radius 3 is 1.50 bits per heavy atom. The maximum absolute atomic E-state index is 12.0. The first-order valence-corrected chi connectivity index (χ1v) is 19.8. The summed E-state index contributed by atoms with van der Waals surface area (Å²) in [5, 5.41) is 4.69. The molecule has 54 heavy (non-hydrogen) atoms. The van der Waals surface area contributed by atoms with Gasteiger partial charge in [0.1, 0.15) is 0 Å². The highest BCUT2D eigenvalue weighted by Crippen LogP contribution is 2.56. The SMILES string of the molecule is C.CC(=O)c1cc2ccc3c(c2s1)C(C)(C)c1ccccc1N3c1ccccc1.CC1(C)c2ccccc2N(c2ccccc2)c2ccc3ccsc3c21. The van der Waals surface area contributed by atoms with Crippen LogP contribution in [-0.4, -0.2) is 5.78 Å². The van der Waals surface area contributed by atoms with Gasteiger partial charge in [-0.05, 0) is 94.9 Å². The molecule has 0 saturated heterocycles. The molecule has 0 N–H and O–H groups in total. The van der Waals surface area contributed by atoms with Crippen molar-refractivity contribution in [3.8, 4) is 0 Å². The molecule has 5 heteroatoms. The van der Waals surface area contributed by atoms with Crippen molar-refractivity contribution in [1.29, 1.82) is 0 Å². The van der Waals surface area contributed by atoms with Crippen molar-refractivity contribution in [3.05, 3.63) is 178 Å². The normalized spacial score (nSPS) is 14.5. The largest absolute Gasteiger partial charge is 0.310 e. The van der Waals surface area contributed by atoms with Gasteiger partial charge in [-0.15, -0.1) is 22.7 Å². The Morgan fingerprint density at radius 1 is 0.519 bits per heavy atom. The minimum absolute atomic E-state index is 0. The molecule has 268 valence electrons. The van der Waals surface area contributed by atoms with E-state index >= 15 is 0 Å². The van der Waals surface area contributed by atoms with Crippen molar-refractivity contribution in [2.75, 3.05) is 9.80 Å². The zero-order chi connectivity index (χ0) is 36.5. The van der Waals surface area contributed by atoms with Crippen LogP contribution in [0, 0.1) is 0 Å². The Labute approximate surface area is 326 Å². The van der Waals surface area contributed by atoms with Crippen LogP contribution in [0.2, 0.25) is 0 Å². The van der Waals surface area contributed by atoms with Gasteiger partial charge in [0.2, 0.25) is 0 Å². The number of nitrogens with zero attached hydrogens (tertiary/aromatic N) is 2. The molecule has 0 radical (unpaired) electrons. The van der Waals surface area contributed by atoms with Crippen LogP contribution in [0.4, 0.5) is 34.1 Å². The number of thiophene rings is 2. The van der Waals surface area contributed by atoms with Crippen LogP contribution >= 0.6 is 22.7 Å². The number of hydrogen-bond donors (Lipinski definition) is 0. The zero-order valence-electron chi connectivity index (χ0n) is 30.6. The molecule has 0 spiro atoms. The molecule has 0 bridgehead atoms. The van der Waals surface area contributed by atoms with Gasteiger partial charge in [-0.1, -0.05) is 120 Å². The minimum Gasteiger partial charge on any atom is -0.310 e. The Morgan fingerprint density at radius 2 is 0.981 bits per heavy atom. The predicted octanol–water partition coefficient (Wildman–Crippen LogP) is 14.9. The van der Waals surface area contributed by atoms with Crippen LogP contribution in [0.5, 0.6) is 0 Å². The lowest BCUT2D eigenvalue weighted by Gasteiger charge is -2.42. The fourth-order valence-electron chi connectivity index (χ4n) is 8.50. The number of hydrogen-bond acceptors (Lipinski definition) is 5. The summed E-state index contributed by atoms with van der Waals surface area (Å²) >= 11 is 3.47. The van der Waals surface area contributed by atoms with Gasteiger partial charge in [0.15, 0.2) is 5.78 Å². The Bertz CT molecular complexity index is 2670. The third-order valence-corrected chi connectivity index (χ3v) is 13.2. The number of carbonyl (C=O) groups is 1. The smallest absolute Gasteiger partial charge is 0.169 e. The first-order chi connectivity index (χ1) is 25.7. The fourth-order valence-corrected chi connectivity index (χ4v) is 10.9. The topological polar surface area (TPSA) is 23.6 Å². The summed E-state index contributed by atoms with van der Waals surface area (Å²) in [6.45, 7) is 10.9. The van der Waals surface area contributed by atoms with Gasteiger partial charge in [0, 0.05) is 42.7 Å². The molecule has 2 aromatic heterocycles. The number of rotatable bonds is 3. The van der Waals surface area contributed by atoms with E-state index in [0.717, 1.165) is 16.0 Å². The van der Waals surface area contributed by atoms with Crippen molar-refractivity contribution in [3.63, 3.8) is 0 Å². The third kappa shape index (κ3) is 5.49. The van der Waals surface area contributed by atoms with E-state index in [1.54, 1.807) is 18.3 Å². The second kappa shape index (κ2) is 13.4. The fraction of sp³-hybridized carbons (Fsp3) is 0.163. The number of benzene rings is 6. The average molecular weight is 741 g/mol. The van der Waals surface area contributed by atoms with Crippen LogP contribution < -0.4 is 9.80 Å². The van der Waals surface area contributed by atoms with Crippen molar-refractivity contribution >= 4 is 82.8 Å². The first kappa shape index (κ1) is 35.5. The summed E-state index contributed by atoms with van der Waals surface area (Å²) in [5.41, 5.74) is 12.6. The summed E-state index contributed by atoms with van der Waals surface area (Å²) in [6, 6.07) is 51.8. The van der Waals surface area contributed by atoms with E-state index in [-0.39, 0.29) is 24.0 Å². The van der Waals surface area contributed by atoms with Crippen LogP contribution in [-0.2, 0) is 10.8 Å². The summed E-state index contributed by atoms with van der Waals surface area (Å²) in [7, 11) is 0. The van der Waals surface area contributed by atoms with Crippen molar-refractivity contribution < 1.29 is 4.79 Å². The maximum atomic E-state index is 12.0. The third-order valence-electron chi connectivity index (χ3n) is 11.0. The molecule has 0 amide bonds. The molecule has 10 rings (SSSR count). The molecular weight excluding hydrogens is 697 g/mol. The highest BCUT2D eigenvalue weighted by Gasteiger charge is 2.40. The quantitative estimate of drug-likeness (QED) is 0.169. The summed E-state index contributed by atoms with van der Waals surface area (Å²) in [5.74, 6) is 0.129. The molecule has 0 unspecified atom stereocenters. The highest BCUT2D eigenvalue weighted by atomic mass is 32.1. The number of carbonyl (C=O) groups excluding carboxylic acids is 1. The van der Waals surface area contributed by atoms with Crippen molar-refractivity contribution in [2.24, 2.45) is 0 Å². The van der Waals surface area contributed by atoms with E-state index in [2.05, 4.69) is 176 Å². The van der Waals surface area contributed by atoms with Gasteiger partial charge in [-0.3, -0.25) is 4.79 Å². The Balaban J connectivity index is 0.000000151. The number of anilines is 6. The van der Waals surface area contributed by atoms with Crippen LogP contribution in [0.1, 0.15) is 74.0 Å². The van der Waals surface area contributed by atoms with Gasteiger partial charge in [-0.2, -0.15) is 0 Å². The van der Waals surface area contributed by atoms with Gasteiger partial charge in [-0.25, -0.2) is 0 Å². The first-order valence-electron chi connectivity index (χ1n) is 18.1. The molecule has 4 heterocycles. The molecule has 6 aromatic carbocycles. The Hall–Kier alpha value is -5.49. The highest BCUT2D eigenvalue weighted by molar-refractivity contribution is 7.21. The van der Waals surface area contributed by atoms with Crippen molar-refractivity contribution in [1.82, 2.24) is 0 Å². The van der Waals surface area contributed by atoms with Gasteiger partial charge >= 0.3 is 0 Å². The number of Topliss-reactive ketones (excluding diaryl/α,β-unsaturated/α-hetero) is 1. The summed E-state index contributed by atoms with van der Waals surface area (Å²) in [4.78, 5) is 17.6. The lowest BCUT2D eigenvalue weighted by Crippen LogP contribution is -2.30. The van der Waals surface area contributed by atoms with E-state index < -0.39 is 0 Å². The summed E-state index contributed by atoms with van der Waals surface area (Å²) < 4.78 is 2.61. The second-order valence-corrected chi connectivity index (χ2v) is 16.9. The van der Waals surface area contributed by atoms with Gasteiger partial charge in [0.05, 0.1) is 27.6 Å². The van der Waals surface area contributed by atoms with E-state index in [1.807, 2.05) is 23.5 Å². The molecule has 0 atom stereocenters. The van der Waals surface area contributed by atoms with E-state index in [9.17, 15) is 4.79 Å². The minimum atomic E-state index is -0.157. The zero-order valence-corrected chi connectivity index (χ0v) is 32.2. The van der Waals surface area contributed by atoms with Crippen molar-refractivity contribution in [2.45, 2.75) is 52.9 Å². The molecule has 3 nitrogen and oxygen atoms in total. The maximum Gasteiger partial charge on any atom is 0.169 e. The molecule has 0 aliphatic carbocycles. The monoisotopic (exact) mass is 740 g/mol.